The predicted molar refractivity (Wildman–Crippen MR) is 186 cm³/mol. The fourth-order valence-corrected chi connectivity index (χ4v) is 7.60. The number of likely N-dealkylation sites (tertiary alicyclic amines) is 1. The van der Waals surface area contributed by atoms with Crippen LogP contribution in [0.1, 0.15) is 56.2 Å². The minimum Gasteiger partial charge on any atom is -0.481 e. The first-order valence-electron chi connectivity index (χ1n) is 15.8. The fourth-order valence-electron chi connectivity index (χ4n) is 6.36. The third-order valence-electron chi connectivity index (χ3n) is 8.66. The van der Waals surface area contributed by atoms with Crippen LogP contribution in [0.2, 0.25) is 5.02 Å². The first kappa shape index (κ1) is 32.6. The standard InChI is InChI=1S/C32H31ClN4O3S.C4H10O/c1-18-13-26-31(29(23(18)14-28(38)39)20-3-5-21(33)6-4-20)41-32(35-26)25-7-8-27-30(34-25)24(15-36(27)2)19-9-11-37(12-10-19)22-16-40-17-22;1-4(2,3)5/h3-8,13,15,19,22H,9-12,14,16-17H2,1-2H3,(H,38,39);5H,1-3H3. The van der Waals surface area contributed by atoms with Crippen LogP contribution >= 0.6 is 22.9 Å². The van der Waals surface area contributed by atoms with Gasteiger partial charge in [-0.15, -0.1) is 11.3 Å². The lowest BCUT2D eigenvalue weighted by Gasteiger charge is -2.41. The Bertz CT molecular complexity index is 1870. The molecule has 0 spiro atoms. The summed E-state index contributed by atoms with van der Waals surface area (Å²) in [5, 5.41) is 19.7. The van der Waals surface area contributed by atoms with Crippen LogP contribution in [-0.2, 0) is 23.0 Å². The van der Waals surface area contributed by atoms with Gasteiger partial charge in [-0.05, 0) is 112 Å². The molecule has 0 radical (unpaired) electrons. The smallest absolute Gasteiger partial charge is 0.307 e. The summed E-state index contributed by atoms with van der Waals surface area (Å²) in [6.07, 6.45) is 4.45. The highest BCUT2D eigenvalue weighted by Gasteiger charge is 2.31. The number of rotatable bonds is 6. The largest absolute Gasteiger partial charge is 0.481 e. The number of pyridine rings is 1. The van der Waals surface area contributed by atoms with Crippen molar-refractivity contribution in [1.29, 1.82) is 0 Å². The molecular weight excluding hydrogens is 620 g/mol. The van der Waals surface area contributed by atoms with Gasteiger partial charge in [-0.1, -0.05) is 23.7 Å². The van der Waals surface area contributed by atoms with Gasteiger partial charge in [0.1, 0.15) is 5.01 Å². The lowest BCUT2D eigenvalue weighted by atomic mass is 9.89. The SMILES string of the molecule is CC(C)(C)O.Cc1cc2nc(-c3ccc4c(n3)c(C3CCN(C5COC5)CC3)cn4C)sc2c(-c2ccc(Cl)cc2)c1CC(=O)O. The molecule has 0 unspecified atom stereocenters. The Morgan fingerprint density at radius 2 is 1.76 bits per heavy atom. The maximum absolute atomic E-state index is 11.8. The summed E-state index contributed by atoms with van der Waals surface area (Å²) in [5.41, 5.74) is 8.24. The van der Waals surface area contributed by atoms with Crippen molar-refractivity contribution in [2.75, 3.05) is 26.3 Å². The molecule has 5 heterocycles. The zero-order chi connectivity index (χ0) is 32.7. The normalized spacial score (nSPS) is 16.4. The molecule has 0 amide bonds. The van der Waals surface area contributed by atoms with Crippen molar-refractivity contribution in [2.45, 2.75) is 64.5 Å². The highest BCUT2D eigenvalue weighted by atomic mass is 35.5. The van der Waals surface area contributed by atoms with Crippen LogP contribution < -0.4 is 0 Å². The number of carboxylic acids is 1. The number of thiazole rings is 1. The molecule has 2 N–H and O–H groups in total. The molecule has 0 saturated carbocycles. The average Bonchev–Trinajstić information content (AvgIpc) is 3.53. The van der Waals surface area contributed by atoms with E-state index in [1.165, 1.54) is 5.56 Å². The topological polar surface area (TPSA) is 101 Å². The molecule has 0 atom stereocenters. The number of aliphatic carboxylic acids is 1. The van der Waals surface area contributed by atoms with Gasteiger partial charge in [0.25, 0.3) is 0 Å². The molecule has 10 heteroatoms. The summed E-state index contributed by atoms with van der Waals surface area (Å²) in [5.74, 6) is -0.380. The number of halogens is 1. The number of hydrogen-bond donors (Lipinski definition) is 2. The number of aromatic nitrogens is 3. The number of aliphatic hydroxyl groups is 1. The summed E-state index contributed by atoms with van der Waals surface area (Å²) in [6.45, 7) is 11.1. The van der Waals surface area contributed by atoms with E-state index in [0.717, 1.165) is 93.4 Å². The van der Waals surface area contributed by atoms with Crippen molar-refractivity contribution >= 4 is 50.2 Å². The van der Waals surface area contributed by atoms with E-state index >= 15 is 0 Å². The molecule has 242 valence electrons. The van der Waals surface area contributed by atoms with Crippen LogP contribution in [0.25, 0.3) is 43.1 Å². The van der Waals surface area contributed by atoms with Crippen molar-refractivity contribution in [3.05, 3.63) is 70.4 Å². The lowest BCUT2D eigenvalue weighted by molar-refractivity contribution is -0.136. The van der Waals surface area contributed by atoms with Gasteiger partial charge in [-0.25, -0.2) is 9.97 Å². The molecule has 2 aliphatic rings. The number of hydrogen-bond acceptors (Lipinski definition) is 7. The van der Waals surface area contributed by atoms with Crippen LogP contribution in [0.5, 0.6) is 0 Å². The molecule has 2 aromatic carbocycles. The number of nitrogens with zero attached hydrogens (tertiary/aromatic N) is 4. The van der Waals surface area contributed by atoms with Crippen molar-refractivity contribution in [1.82, 2.24) is 19.4 Å². The Morgan fingerprint density at radius 3 is 2.37 bits per heavy atom. The average molecular weight is 661 g/mol. The van der Waals surface area contributed by atoms with E-state index in [1.807, 2.05) is 37.3 Å². The van der Waals surface area contributed by atoms with E-state index in [-0.39, 0.29) is 6.42 Å². The Balaban J connectivity index is 0.000000692. The highest BCUT2D eigenvalue weighted by molar-refractivity contribution is 7.22. The number of fused-ring (bicyclic) bond motifs is 2. The summed E-state index contributed by atoms with van der Waals surface area (Å²) < 4.78 is 8.56. The number of carboxylic acid groups (broad SMARTS) is 1. The van der Waals surface area contributed by atoms with Crippen molar-refractivity contribution in [3.8, 4) is 21.8 Å². The molecule has 2 aliphatic heterocycles. The number of piperidine rings is 1. The minimum atomic E-state index is -0.858. The molecular formula is C36H41ClN4O4S. The van der Waals surface area contributed by atoms with Crippen molar-refractivity contribution < 1.29 is 19.7 Å². The van der Waals surface area contributed by atoms with Crippen LogP contribution in [0.4, 0.5) is 0 Å². The number of carbonyl (C=O) groups is 1. The summed E-state index contributed by atoms with van der Waals surface area (Å²) in [4.78, 5) is 24.6. The predicted octanol–water partition coefficient (Wildman–Crippen LogP) is 7.46. The van der Waals surface area contributed by atoms with E-state index < -0.39 is 11.6 Å². The molecule has 3 aromatic heterocycles. The Kier molecular flexibility index (Phi) is 9.24. The monoisotopic (exact) mass is 660 g/mol. The van der Waals surface area contributed by atoms with Crippen LogP contribution in [0.3, 0.4) is 0 Å². The van der Waals surface area contributed by atoms with Gasteiger partial charge in [0.2, 0.25) is 0 Å². The van der Waals surface area contributed by atoms with Gasteiger partial charge in [-0.3, -0.25) is 9.69 Å². The van der Waals surface area contributed by atoms with E-state index in [9.17, 15) is 9.90 Å². The number of benzene rings is 2. The van der Waals surface area contributed by atoms with E-state index in [1.54, 1.807) is 32.1 Å². The lowest BCUT2D eigenvalue weighted by Crippen LogP contribution is -2.51. The second-order valence-electron chi connectivity index (χ2n) is 13.4. The fraction of sp³-hybridized carbons (Fsp3) is 0.417. The Labute approximate surface area is 278 Å². The van der Waals surface area contributed by atoms with Crippen molar-refractivity contribution in [3.63, 3.8) is 0 Å². The molecule has 46 heavy (non-hydrogen) atoms. The first-order valence-corrected chi connectivity index (χ1v) is 17.0. The first-order chi connectivity index (χ1) is 21.9. The highest BCUT2D eigenvalue weighted by Crippen LogP contribution is 2.42. The number of ether oxygens (including phenoxy) is 1. The molecule has 2 fully saturated rings. The third-order valence-corrected chi connectivity index (χ3v) is 10.0. The van der Waals surface area contributed by atoms with Crippen molar-refractivity contribution in [2.24, 2.45) is 7.05 Å². The molecule has 8 nitrogen and oxygen atoms in total. The summed E-state index contributed by atoms with van der Waals surface area (Å²) in [6, 6.07) is 14.4. The Morgan fingerprint density at radius 1 is 1.09 bits per heavy atom. The molecule has 0 aliphatic carbocycles. The van der Waals surface area contributed by atoms with Gasteiger partial charge in [0.05, 0.1) is 58.2 Å². The molecule has 2 saturated heterocycles. The van der Waals surface area contributed by atoms with E-state index in [0.29, 0.717) is 17.0 Å². The maximum Gasteiger partial charge on any atom is 0.307 e. The van der Waals surface area contributed by atoms with Crippen LogP contribution in [0, 0.1) is 6.92 Å². The zero-order valence-electron chi connectivity index (χ0n) is 27.0. The minimum absolute atomic E-state index is 0.0584. The van der Waals surface area contributed by atoms with E-state index in [4.69, 9.17) is 31.4 Å². The zero-order valence-corrected chi connectivity index (χ0v) is 28.6. The maximum atomic E-state index is 11.8. The molecule has 7 rings (SSSR count). The van der Waals surface area contributed by atoms with Gasteiger partial charge in [0, 0.05) is 23.8 Å². The Hall–Kier alpha value is -3.34. The van der Waals surface area contributed by atoms with Gasteiger partial charge < -0.3 is 19.5 Å². The third kappa shape index (κ3) is 6.99. The summed E-state index contributed by atoms with van der Waals surface area (Å²) >= 11 is 7.75. The molecule has 0 bridgehead atoms. The second-order valence-corrected chi connectivity index (χ2v) is 14.9. The molecule has 5 aromatic rings. The second kappa shape index (κ2) is 13.0. The van der Waals surface area contributed by atoms with Crippen LogP contribution in [0.15, 0.2) is 48.7 Å². The van der Waals surface area contributed by atoms with Gasteiger partial charge >= 0.3 is 5.97 Å². The van der Waals surface area contributed by atoms with E-state index in [2.05, 4.69) is 34.8 Å². The number of aryl methyl sites for hydroxylation is 2. The van der Waals surface area contributed by atoms with Gasteiger partial charge in [0.15, 0.2) is 0 Å². The van der Waals surface area contributed by atoms with Gasteiger partial charge in [-0.2, -0.15) is 0 Å². The summed E-state index contributed by atoms with van der Waals surface area (Å²) in [7, 11) is 2.09. The van der Waals surface area contributed by atoms with Crippen LogP contribution in [-0.4, -0.2) is 73.6 Å². The quantitative estimate of drug-likeness (QED) is 0.195.